The number of imide groups is 1. The molecule has 0 bridgehead atoms. The summed E-state index contributed by atoms with van der Waals surface area (Å²) >= 11 is 5.90. The van der Waals surface area contributed by atoms with Gasteiger partial charge < -0.3 is 15.2 Å². The van der Waals surface area contributed by atoms with E-state index in [1.165, 1.54) is 12.1 Å². The lowest BCUT2D eigenvalue weighted by Crippen LogP contribution is -2.30. The maximum atomic E-state index is 14.1. The van der Waals surface area contributed by atoms with Gasteiger partial charge in [0.05, 0.1) is 6.54 Å². The molecule has 3 aromatic carbocycles. The van der Waals surface area contributed by atoms with E-state index in [1.807, 2.05) is 24.3 Å². The van der Waals surface area contributed by atoms with Crippen molar-refractivity contribution in [2.24, 2.45) is 0 Å². The molecule has 2 N–H and O–H groups in total. The van der Waals surface area contributed by atoms with E-state index >= 15 is 0 Å². The first-order valence-electron chi connectivity index (χ1n) is 11.1. The van der Waals surface area contributed by atoms with Gasteiger partial charge in [0.25, 0.3) is 5.91 Å². The van der Waals surface area contributed by atoms with Gasteiger partial charge in [-0.05, 0) is 42.5 Å². The Labute approximate surface area is 210 Å². The minimum atomic E-state index is -0.624. The number of hydrogen-bond donors (Lipinski definition) is 2. The molecule has 1 fully saturated rings. The molecule has 0 radical (unpaired) electrons. The fraction of sp³-hybridized carbons (Fsp3) is 0.0741. The first-order chi connectivity index (χ1) is 17.4. The van der Waals surface area contributed by atoms with E-state index in [0.717, 1.165) is 15.8 Å². The van der Waals surface area contributed by atoms with Crippen LogP contribution in [-0.4, -0.2) is 27.3 Å². The van der Waals surface area contributed by atoms with E-state index < -0.39 is 17.8 Å². The molecule has 1 aliphatic heterocycles. The number of halogens is 2. The van der Waals surface area contributed by atoms with Crippen molar-refractivity contribution in [1.82, 2.24) is 14.8 Å². The summed E-state index contributed by atoms with van der Waals surface area (Å²) in [5.41, 5.74) is 2.38. The second-order valence-corrected chi connectivity index (χ2v) is 8.69. The van der Waals surface area contributed by atoms with Gasteiger partial charge in [0.2, 0.25) is 5.91 Å². The first kappa shape index (κ1) is 23.3. The summed E-state index contributed by atoms with van der Waals surface area (Å²) in [6.45, 7) is -0.145. The lowest BCUT2D eigenvalue weighted by atomic mass is 10.1. The van der Waals surface area contributed by atoms with Gasteiger partial charge in [-0.25, -0.2) is 9.18 Å². The van der Waals surface area contributed by atoms with Crippen molar-refractivity contribution >= 4 is 52.1 Å². The van der Waals surface area contributed by atoms with Gasteiger partial charge >= 0.3 is 6.03 Å². The summed E-state index contributed by atoms with van der Waals surface area (Å²) < 4.78 is 15.8. The van der Waals surface area contributed by atoms with Crippen LogP contribution in [0.5, 0.6) is 0 Å². The van der Waals surface area contributed by atoms with Crippen molar-refractivity contribution in [2.75, 3.05) is 5.32 Å². The van der Waals surface area contributed by atoms with E-state index in [9.17, 15) is 18.8 Å². The van der Waals surface area contributed by atoms with Crippen molar-refractivity contribution in [2.45, 2.75) is 13.1 Å². The molecule has 7 nitrogen and oxygen atoms in total. The highest BCUT2D eigenvalue weighted by Gasteiger charge is 2.34. The largest absolute Gasteiger partial charge is 0.337 e. The lowest BCUT2D eigenvalue weighted by molar-refractivity contribution is -0.123. The predicted molar refractivity (Wildman–Crippen MR) is 135 cm³/mol. The Balaban J connectivity index is 1.39. The number of carbonyl (C=O) groups is 3. The van der Waals surface area contributed by atoms with Gasteiger partial charge in [0, 0.05) is 38.9 Å². The number of amides is 4. The Morgan fingerprint density at radius 3 is 2.50 bits per heavy atom. The Morgan fingerprint density at radius 1 is 1.00 bits per heavy atom. The van der Waals surface area contributed by atoms with E-state index in [0.29, 0.717) is 16.3 Å². The molecule has 2 heterocycles. The molecule has 0 atom stereocenters. The molecule has 0 spiro atoms. The Kier molecular flexibility index (Phi) is 6.26. The average Bonchev–Trinajstić information content (AvgIpc) is 3.33. The summed E-state index contributed by atoms with van der Waals surface area (Å²) in [5, 5.41) is 6.78. The predicted octanol–water partition coefficient (Wildman–Crippen LogP) is 5.17. The molecule has 36 heavy (non-hydrogen) atoms. The minimum absolute atomic E-state index is 0.0338. The van der Waals surface area contributed by atoms with Crippen LogP contribution in [0, 0.1) is 5.82 Å². The van der Waals surface area contributed by atoms with Gasteiger partial charge in [-0.3, -0.25) is 14.5 Å². The van der Waals surface area contributed by atoms with E-state index in [2.05, 4.69) is 10.6 Å². The third-order valence-electron chi connectivity index (χ3n) is 5.81. The normalized spacial score (nSPS) is 14.5. The molecular formula is C27H20ClFN4O3. The quantitative estimate of drug-likeness (QED) is 0.282. The highest BCUT2D eigenvalue weighted by Crippen LogP contribution is 2.26. The SMILES string of the molecule is O=C(Cn1cc(/C=C2/NC(=O)N(Cc3ccccc3F)C2=O)c2ccccc21)Nc1ccc(Cl)cc1. The second-order valence-electron chi connectivity index (χ2n) is 8.26. The van der Waals surface area contributed by atoms with Crippen molar-refractivity contribution in [1.29, 1.82) is 0 Å². The molecule has 1 aromatic heterocycles. The van der Waals surface area contributed by atoms with Crippen LogP contribution >= 0.6 is 11.6 Å². The third-order valence-corrected chi connectivity index (χ3v) is 6.06. The fourth-order valence-corrected chi connectivity index (χ4v) is 4.20. The van der Waals surface area contributed by atoms with Crippen LogP contribution in [0.4, 0.5) is 14.9 Å². The maximum absolute atomic E-state index is 14.1. The van der Waals surface area contributed by atoms with Gasteiger partial charge in [0.1, 0.15) is 18.1 Å². The van der Waals surface area contributed by atoms with Crippen LogP contribution in [0.25, 0.3) is 17.0 Å². The van der Waals surface area contributed by atoms with Gasteiger partial charge in [0.15, 0.2) is 0 Å². The topological polar surface area (TPSA) is 83.4 Å². The Bertz CT molecular complexity index is 1530. The van der Waals surface area contributed by atoms with E-state index in [4.69, 9.17) is 11.6 Å². The standard InChI is InChI=1S/C27H20ClFN4O3/c28-19-9-11-20(12-10-19)30-25(34)16-32-14-18(21-6-2-4-8-24(21)32)13-23-26(35)33(27(36)31-23)15-17-5-1-3-7-22(17)29/h1-14H,15-16H2,(H,30,34)(H,31,36)/b23-13+. The maximum Gasteiger partial charge on any atom is 0.329 e. The van der Waals surface area contributed by atoms with Gasteiger partial charge in [-0.15, -0.1) is 0 Å². The highest BCUT2D eigenvalue weighted by molar-refractivity contribution is 6.30. The monoisotopic (exact) mass is 502 g/mol. The number of carbonyl (C=O) groups excluding carboxylic acids is 3. The molecule has 9 heteroatoms. The number of rotatable bonds is 6. The number of para-hydroxylation sites is 1. The zero-order valence-electron chi connectivity index (χ0n) is 18.9. The van der Waals surface area contributed by atoms with E-state index in [-0.39, 0.29) is 30.3 Å². The molecule has 1 saturated heterocycles. The first-order valence-corrected chi connectivity index (χ1v) is 11.5. The minimum Gasteiger partial charge on any atom is -0.337 e. The molecule has 0 unspecified atom stereocenters. The van der Waals surface area contributed by atoms with Crippen LogP contribution in [0.2, 0.25) is 5.02 Å². The number of nitrogens with one attached hydrogen (secondary N) is 2. The molecular weight excluding hydrogens is 483 g/mol. The van der Waals surface area contributed by atoms with Crippen LogP contribution in [0.1, 0.15) is 11.1 Å². The number of fused-ring (bicyclic) bond motifs is 1. The van der Waals surface area contributed by atoms with Crippen molar-refractivity contribution in [3.8, 4) is 0 Å². The van der Waals surface area contributed by atoms with Gasteiger partial charge in [-0.1, -0.05) is 48.0 Å². The summed E-state index contributed by atoms with van der Waals surface area (Å²) in [7, 11) is 0. The number of aromatic nitrogens is 1. The molecule has 180 valence electrons. The number of benzene rings is 3. The summed E-state index contributed by atoms with van der Waals surface area (Å²) in [5.74, 6) is -1.28. The Morgan fingerprint density at radius 2 is 1.72 bits per heavy atom. The number of nitrogens with zero attached hydrogens (tertiary/aromatic N) is 2. The molecule has 0 aliphatic carbocycles. The van der Waals surface area contributed by atoms with Crippen LogP contribution in [0.15, 0.2) is 84.7 Å². The molecule has 0 saturated carbocycles. The summed E-state index contributed by atoms with van der Waals surface area (Å²) in [6.07, 6.45) is 3.32. The summed E-state index contributed by atoms with van der Waals surface area (Å²) in [6, 6.07) is 19.6. The number of hydrogen-bond acceptors (Lipinski definition) is 3. The second kappa shape index (κ2) is 9.67. The molecule has 5 rings (SSSR count). The smallest absolute Gasteiger partial charge is 0.329 e. The van der Waals surface area contributed by atoms with E-state index in [1.54, 1.807) is 53.2 Å². The summed E-state index contributed by atoms with van der Waals surface area (Å²) in [4.78, 5) is 39.1. The molecule has 1 aliphatic rings. The zero-order chi connectivity index (χ0) is 25.2. The van der Waals surface area contributed by atoms with Crippen LogP contribution < -0.4 is 10.6 Å². The lowest BCUT2D eigenvalue weighted by Gasteiger charge is -2.12. The third kappa shape index (κ3) is 4.71. The number of anilines is 1. The fourth-order valence-electron chi connectivity index (χ4n) is 4.08. The average molecular weight is 503 g/mol. The highest BCUT2D eigenvalue weighted by atomic mass is 35.5. The molecule has 4 aromatic rings. The van der Waals surface area contributed by atoms with Crippen molar-refractivity contribution in [3.05, 3.63) is 107 Å². The van der Waals surface area contributed by atoms with Crippen LogP contribution in [-0.2, 0) is 22.7 Å². The van der Waals surface area contributed by atoms with Crippen molar-refractivity contribution < 1.29 is 18.8 Å². The van der Waals surface area contributed by atoms with Crippen LogP contribution in [0.3, 0.4) is 0 Å². The Hall–Kier alpha value is -4.43. The van der Waals surface area contributed by atoms with Gasteiger partial charge in [-0.2, -0.15) is 0 Å². The zero-order valence-corrected chi connectivity index (χ0v) is 19.6. The van der Waals surface area contributed by atoms with Crippen molar-refractivity contribution in [3.63, 3.8) is 0 Å². The molecule has 4 amide bonds. The number of urea groups is 1.